The van der Waals surface area contributed by atoms with Crippen LogP contribution >= 0.6 is 23.5 Å². The third-order valence-electron chi connectivity index (χ3n) is 3.91. The molecule has 0 aromatic heterocycles. The largest absolute Gasteiger partial charge is 0.466 e. The summed E-state index contributed by atoms with van der Waals surface area (Å²) in [6.45, 7) is -0.621. The number of hydrogen-bond donors (Lipinski definition) is 6. The second kappa shape index (κ2) is 12.5. The van der Waals surface area contributed by atoms with Crippen LogP contribution in [0.25, 0.3) is 0 Å². The van der Waals surface area contributed by atoms with Gasteiger partial charge in [0, 0.05) is 6.42 Å². The molecule has 1 fully saturated rings. The summed E-state index contributed by atoms with van der Waals surface area (Å²) in [4.78, 5) is 0. The second-order valence-electron chi connectivity index (χ2n) is 6.13. The van der Waals surface area contributed by atoms with Gasteiger partial charge in [-0.05, 0) is 31.3 Å². The maximum atomic E-state index is 10.8. The van der Waals surface area contributed by atoms with E-state index in [2.05, 4.69) is 9.44 Å². The van der Waals surface area contributed by atoms with E-state index in [-0.39, 0.29) is 17.9 Å². The SMILES string of the molecule is CSCCC[C@@H](O)CC/C(=N/OS(=O)(=O)O)S[C@H]1O[C@H](CO)[C@H](O)[C@@H](O)[C@H]1O. The van der Waals surface area contributed by atoms with Crippen LogP contribution in [-0.2, 0) is 19.4 Å². The van der Waals surface area contributed by atoms with Gasteiger partial charge in [0.05, 0.1) is 12.7 Å². The first-order chi connectivity index (χ1) is 13.1. The third kappa shape index (κ3) is 9.11. The molecule has 0 bridgehead atoms. The van der Waals surface area contributed by atoms with E-state index in [1.807, 2.05) is 6.26 Å². The van der Waals surface area contributed by atoms with Crippen molar-refractivity contribution in [2.45, 2.75) is 61.6 Å². The highest BCUT2D eigenvalue weighted by atomic mass is 32.3. The molecule has 166 valence electrons. The van der Waals surface area contributed by atoms with Crippen LogP contribution in [0, 0.1) is 0 Å². The Morgan fingerprint density at radius 3 is 2.46 bits per heavy atom. The lowest BCUT2D eigenvalue weighted by atomic mass is 10.0. The molecule has 1 aliphatic heterocycles. The Kier molecular flexibility index (Phi) is 11.6. The predicted octanol–water partition coefficient (Wildman–Crippen LogP) is -1.06. The smallest absolute Gasteiger partial charge is 0.394 e. The van der Waals surface area contributed by atoms with Crippen molar-refractivity contribution < 1.29 is 47.5 Å². The van der Waals surface area contributed by atoms with Gasteiger partial charge in [-0.2, -0.15) is 20.2 Å². The summed E-state index contributed by atoms with van der Waals surface area (Å²) in [5.41, 5.74) is -1.20. The third-order valence-corrected chi connectivity index (χ3v) is 6.04. The zero-order valence-electron chi connectivity index (χ0n) is 15.2. The number of hydrogen-bond acceptors (Lipinski definition) is 12. The van der Waals surface area contributed by atoms with E-state index < -0.39 is 53.0 Å². The molecule has 1 aliphatic rings. The fraction of sp³-hybridized carbons (Fsp3) is 0.929. The van der Waals surface area contributed by atoms with E-state index in [9.17, 15) is 34.0 Å². The standard InChI is InChI=1S/C14H27NO10S3/c1-26-6-2-3-8(17)4-5-10(15-25-28(21,22)23)27-14-13(20)12(19)11(18)9(7-16)24-14/h8-9,11-14,16-20H,2-7H2,1H3,(H,21,22,23)/b15-10-/t8-,9-,11+,12-,13-,14-/m1/s1. The molecular weight excluding hydrogens is 438 g/mol. The van der Waals surface area contributed by atoms with Crippen LogP contribution in [0.5, 0.6) is 0 Å². The zero-order valence-corrected chi connectivity index (χ0v) is 17.6. The summed E-state index contributed by atoms with van der Waals surface area (Å²) in [6.07, 6.45) is -3.04. The van der Waals surface area contributed by atoms with Gasteiger partial charge in [-0.15, -0.1) is 0 Å². The molecule has 0 aromatic carbocycles. The predicted molar refractivity (Wildman–Crippen MR) is 104 cm³/mol. The summed E-state index contributed by atoms with van der Waals surface area (Å²) < 4.78 is 39.6. The molecule has 11 nitrogen and oxygen atoms in total. The Bertz CT molecular complexity index is 588. The maximum Gasteiger partial charge on any atom is 0.466 e. The lowest BCUT2D eigenvalue weighted by Crippen LogP contribution is -2.57. The summed E-state index contributed by atoms with van der Waals surface area (Å²) in [7, 11) is -4.86. The van der Waals surface area contributed by atoms with E-state index in [0.717, 1.165) is 12.2 Å². The Morgan fingerprint density at radius 2 is 1.89 bits per heavy atom. The summed E-state index contributed by atoms with van der Waals surface area (Å²) in [6, 6.07) is 0. The Hall–Kier alpha value is -0.160. The average Bonchev–Trinajstić information content (AvgIpc) is 2.63. The minimum Gasteiger partial charge on any atom is -0.394 e. The number of ether oxygens (including phenoxy) is 1. The molecule has 0 aliphatic carbocycles. The van der Waals surface area contributed by atoms with Crippen molar-refractivity contribution in [2.75, 3.05) is 18.6 Å². The zero-order chi connectivity index (χ0) is 21.3. The molecule has 0 spiro atoms. The van der Waals surface area contributed by atoms with E-state index in [1.165, 1.54) is 0 Å². The Labute approximate surface area is 172 Å². The molecule has 6 atom stereocenters. The average molecular weight is 466 g/mol. The maximum absolute atomic E-state index is 10.8. The first-order valence-electron chi connectivity index (χ1n) is 8.46. The minimum absolute atomic E-state index is 0.0362. The normalized spacial score (nSPS) is 30.2. The van der Waals surface area contributed by atoms with Crippen molar-refractivity contribution in [2.24, 2.45) is 5.16 Å². The van der Waals surface area contributed by atoms with Crippen LogP contribution in [0.15, 0.2) is 5.16 Å². The number of rotatable bonds is 11. The van der Waals surface area contributed by atoms with Gasteiger partial charge in [0.2, 0.25) is 0 Å². The van der Waals surface area contributed by atoms with Crippen molar-refractivity contribution in [3.05, 3.63) is 0 Å². The number of oxime groups is 1. The van der Waals surface area contributed by atoms with Gasteiger partial charge in [0.15, 0.2) is 0 Å². The lowest BCUT2D eigenvalue weighted by Gasteiger charge is -2.39. The quantitative estimate of drug-likeness (QED) is 0.0715. The molecule has 0 saturated carbocycles. The van der Waals surface area contributed by atoms with Gasteiger partial charge in [-0.25, -0.2) is 4.28 Å². The number of nitrogens with zero attached hydrogens (tertiary/aromatic N) is 1. The molecule has 1 heterocycles. The topological polar surface area (TPSA) is 186 Å². The van der Waals surface area contributed by atoms with Gasteiger partial charge in [0.25, 0.3) is 0 Å². The van der Waals surface area contributed by atoms with Gasteiger partial charge >= 0.3 is 10.4 Å². The van der Waals surface area contributed by atoms with E-state index in [1.54, 1.807) is 11.8 Å². The van der Waals surface area contributed by atoms with Crippen LogP contribution in [-0.4, -0.2) is 98.1 Å². The van der Waals surface area contributed by atoms with Gasteiger partial charge in [-0.3, -0.25) is 4.55 Å². The van der Waals surface area contributed by atoms with Gasteiger partial charge < -0.3 is 30.3 Å². The fourth-order valence-electron chi connectivity index (χ4n) is 2.41. The summed E-state index contributed by atoms with van der Waals surface area (Å²) >= 11 is 2.33. The number of aliphatic hydroxyl groups is 5. The molecule has 14 heteroatoms. The Morgan fingerprint density at radius 1 is 1.21 bits per heavy atom. The highest BCUT2D eigenvalue weighted by Crippen LogP contribution is 2.30. The molecular formula is C14H27NO10S3. The fourth-order valence-corrected chi connectivity index (χ4v) is 4.18. The summed E-state index contributed by atoms with van der Waals surface area (Å²) in [5, 5.41) is 52.2. The first-order valence-corrected chi connectivity index (χ1v) is 12.1. The van der Waals surface area contributed by atoms with Gasteiger partial charge in [-0.1, -0.05) is 16.9 Å². The highest BCUT2D eigenvalue weighted by Gasteiger charge is 2.44. The van der Waals surface area contributed by atoms with Crippen LogP contribution in [0.1, 0.15) is 25.7 Å². The van der Waals surface area contributed by atoms with Gasteiger partial charge in [0.1, 0.15) is 34.9 Å². The summed E-state index contributed by atoms with van der Waals surface area (Å²) in [5.74, 6) is 0.878. The van der Waals surface area contributed by atoms with Crippen molar-refractivity contribution >= 4 is 39.0 Å². The van der Waals surface area contributed by atoms with E-state index >= 15 is 0 Å². The Balaban J connectivity index is 2.79. The lowest BCUT2D eigenvalue weighted by molar-refractivity contribution is -0.205. The van der Waals surface area contributed by atoms with Crippen molar-refractivity contribution in [1.82, 2.24) is 0 Å². The first kappa shape index (κ1) is 25.9. The van der Waals surface area contributed by atoms with Crippen LogP contribution < -0.4 is 0 Å². The van der Waals surface area contributed by atoms with Crippen LogP contribution in [0.3, 0.4) is 0 Å². The molecule has 1 rings (SSSR count). The minimum atomic E-state index is -4.86. The van der Waals surface area contributed by atoms with Crippen LogP contribution in [0.4, 0.5) is 0 Å². The van der Waals surface area contributed by atoms with Crippen LogP contribution in [0.2, 0.25) is 0 Å². The molecule has 0 aromatic rings. The second-order valence-corrected chi connectivity index (χ2v) is 9.29. The van der Waals surface area contributed by atoms with E-state index in [4.69, 9.17) is 9.29 Å². The molecule has 28 heavy (non-hydrogen) atoms. The van der Waals surface area contributed by atoms with Crippen molar-refractivity contribution in [3.63, 3.8) is 0 Å². The van der Waals surface area contributed by atoms with E-state index in [0.29, 0.717) is 18.2 Å². The molecule has 0 radical (unpaired) electrons. The highest BCUT2D eigenvalue weighted by molar-refractivity contribution is 8.14. The molecule has 6 N–H and O–H groups in total. The molecule has 0 amide bonds. The number of aliphatic hydroxyl groups excluding tert-OH is 5. The van der Waals surface area contributed by atoms with Crippen molar-refractivity contribution in [1.29, 1.82) is 0 Å². The monoisotopic (exact) mass is 465 g/mol. The van der Waals surface area contributed by atoms with Crippen molar-refractivity contribution in [3.8, 4) is 0 Å². The molecule has 1 saturated heterocycles. The number of thioether (sulfide) groups is 2. The molecule has 0 unspecified atom stereocenters.